The van der Waals surface area contributed by atoms with Gasteiger partial charge in [-0.05, 0) is 37.3 Å². The van der Waals surface area contributed by atoms with E-state index < -0.39 is 5.41 Å². The molecule has 0 radical (unpaired) electrons. The Morgan fingerprint density at radius 3 is 2.80 bits per heavy atom. The van der Waals surface area contributed by atoms with Crippen LogP contribution in [-0.4, -0.2) is 16.9 Å². The number of carbonyl (C=O) groups is 2. The summed E-state index contributed by atoms with van der Waals surface area (Å²) < 4.78 is 0. The van der Waals surface area contributed by atoms with E-state index in [0.717, 1.165) is 6.42 Å². The van der Waals surface area contributed by atoms with Gasteiger partial charge in [0.25, 0.3) is 0 Å². The highest BCUT2D eigenvalue weighted by atomic mass is 16.3. The summed E-state index contributed by atoms with van der Waals surface area (Å²) >= 11 is 0. The molecule has 1 saturated carbocycles. The average molecular weight is 269 g/mol. The summed E-state index contributed by atoms with van der Waals surface area (Å²) in [5.41, 5.74) is -0.142. The number of allylic oxidation sites excluding steroid dienone is 2. The zero-order chi connectivity index (χ0) is 14.1. The zero-order valence-electron chi connectivity index (χ0n) is 11.1. The van der Waals surface area contributed by atoms with Crippen LogP contribution in [0.4, 0.5) is 5.69 Å². The molecule has 2 fully saturated rings. The summed E-state index contributed by atoms with van der Waals surface area (Å²) in [7, 11) is 0. The van der Waals surface area contributed by atoms with E-state index in [9.17, 15) is 14.7 Å². The second-order valence-electron chi connectivity index (χ2n) is 6.15. The van der Waals surface area contributed by atoms with Gasteiger partial charge in [0.15, 0.2) is 0 Å². The van der Waals surface area contributed by atoms with Crippen LogP contribution in [0.15, 0.2) is 36.4 Å². The third-order valence-electron chi connectivity index (χ3n) is 5.20. The number of phenolic OH excluding ortho intramolecular Hbond substituents is 1. The first-order valence-electron chi connectivity index (χ1n) is 6.89. The van der Waals surface area contributed by atoms with E-state index in [-0.39, 0.29) is 35.3 Å². The van der Waals surface area contributed by atoms with Crippen LogP contribution in [0.25, 0.3) is 0 Å². The van der Waals surface area contributed by atoms with Crippen molar-refractivity contribution < 1.29 is 14.7 Å². The zero-order valence-corrected chi connectivity index (χ0v) is 11.1. The molecule has 0 aromatic heterocycles. The number of amides is 2. The lowest BCUT2D eigenvalue weighted by Gasteiger charge is -2.28. The molecule has 20 heavy (non-hydrogen) atoms. The van der Waals surface area contributed by atoms with Gasteiger partial charge in [-0.1, -0.05) is 18.2 Å². The number of nitrogens with zero attached hydrogens (tertiary/aromatic N) is 1. The van der Waals surface area contributed by atoms with E-state index in [2.05, 4.69) is 12.2 Å². The fourth-order valence-electron chi connectivity index (χ4n) is 4.18. The number of benzene rings is 1. The number of hydrogen-bond donors (Lipinski definition) is 1. The summed E-state index contributed by atoms with van der Waals surface area (Å²) in [6.45, 7) is 1.91. The Bertz CT molecular complexity index is 665. The van der Waals surface area contributed by atoms with Crippen molar-refractivity contribution in [2.75, 3.05) is 4.90 Å². The molecular weight excluding hydrogens is 254 g/mol. The van der Waals surface area contributed by atoms with Crippen molar-refractivity contribution in [2.24, 2.45) is 23.2 Å². The number of fused-ring (bicyclic) bond motifs is 5. The van der Waals surface area contributed by atoms with Crippen LogP contribution in [0.1, 0.15) is 13.3 Å². The Labute approximate surface area is 116 Å². The topological polar surface area (TPSA) is 57.6 Å². The number of phenols is 1. The van der Waals surface area contributed by atoms with E-state index in [4.69, 9.17) is 0 Å². The maximum atomic E-state index is 12.8. The van der Waals surface area contributed by atoms with Gasteiger partial charge in [0.2, 0.25) is 11.8 Å². The molecule has 102 valence electrons. The third-order valence-corrected chi connectivity index (χ3v) is 5.20. The van der Waals surface area contributed by atoms with Crippen molar-refractivity contribution >= 4 is 17.5 Å². The summed E-state index contributed by atoms with van der Waals surface area (Å²) in [6.07, 6.45) is 5.07. The molecular formula is C16H15NO3. The fraction of sp³-hybridized carbons (Fsp3) is 0.375. The minimum absolute atomic E-state index is 0.0615. The molecule has 1 aromatic rings. The molecule has 3 aliphatic rings. The molecule has 2 amide bonds. The van der Waals surface area contributed by atoms with Crippen molar-refractivity contribution in [2.45, 2.75) is 13.3 Å². The van der Waals surface area contributed by atoms with Gasteiger partial charge in [-0.15, -0.1) is 0 Å². The predicted molar refractivity (Wildman–Crippen MR) is 72.9 cm³/mol. The molecule has 2 bridgehead atoms. The Morgan fingerprint density at radius 2 is 2.10 bits per heavy atom. The highest BCUT2D eigenvalue weighted by Crippen LogP contribution is 2.60. The van der Waals surface area contributed by atoms with Crippen LogP contribution in [0, 0.1) is 23.2 Å². The van der Waals surface area contributed by atoms with Gasteiger partial charge in [0, 0.05) is 6.07 Å². The standard InChI is InChI=1S/C16H15NO3/c1-16-10-6-5-9(7-10)13(16)14(19)17(15(16)20)11-3-2-4-12(18)8-11/h2-6,8-10,13,18H,7H2,1H3/t9-,10+,13+,16+/m0/s1. The lowest BCUT2D eigenvalue weighted by atomic mass is 9.71. The molecule has 1 saturated heterocycles. The quantitative estimate of drug-likeness (QED) is 0.627. The van der Waals surface area contributed by atoms with E-state index >= 15 is 0 Å². The summed E-state index contributed by atoms with van der Waals surface area (Å²) in [6, 6.07) is 6.33. The Morgan fingerprint density at radius 1 is 1.30 bits per heavy atom. The molecule has 0 unspecified atom stereocenters. The van der Waals surface area contributed by atoms with Gasteiger partial charge in [0.1, 0.15) is 5.75 Å². The van der Waals surface area contributed by atoms with E-state index in [1.54, 1.807) is 12.1 Å². The average Bonchev–Trinajstić information content (AvgIpc) is 3.03. The van der Waals surface area contributed by atoms with Gasteiger partial charge in [-0.3, -0.25) is 9.59 Å². The van der Waals surface area contributed by atoms with Gasteiger partial charge in [-0.2, -0.15) is 0 Å². The molecule has 4 rings (SSSR count). The molecule has 1 aromatic carbocycles. The molecule has 1 aliphatic heterocycles. The first-order chi connectivity index (χ1) is 9.53. The fourth-order valence-corrected chi connectivity index (χ4v) is 4.18. The van der Waals surface area contributed by atoms with Gasteiger partial charge in [-0.25, -0.2) is 4.90 Å². The van der Waals surface area contributed by atoms with Crippen molar-refractivity contribution in [3.8, 4) is 5.75 Å². The van der Waals surface area contributed by atoms with Crippen molar-refractivity contribution in [1.29, 1.82) is 0 Å². The molecule has 0 spiro atoms. The maximum absolute atomic E-state index is 12.8. The summed E-state index contributed by atoms with van der Waals surface area (Å²) in [5, 5.41) is 9.57. The largest absolute Gasteiger partial charge is 0.508 e. The first-order valence-corrected chi connectivity index (χ1v) is 6.89. The lowest BCUT2D eigenvalue weighted by molar-refractivity contribution is -0.127. The summed E-state index contributed by atoms with van der Waals surface area (Å²) in [5.74, 6) is -0.0892. The lowest BCUT2D eigenvalue weighted by Crippen LogP contribution is -2.37. The number of rotatable bonds is 1. The van der Waals surface area contributed by atoms with Gasteiger partial charge < -0.3 is 5.11 Å². The number of carbonyl (C=O) groups excluding carboxylic acids is 2. The van der Waals surface area contributed by atoms with Crippen LogP contribution >= 0.6 is 0 Å². The molecule has 4 nitrogen and oxygen atoms in total. The van der Waals surface area contributed by atoms with Crippen molar-refractivity contribution in [3.63, 3.8) is 0 Å². The normalized spacial score (nSPS) is 37.9. The van der Waals surface area contributed by atoms with E-state index in [1.165, 1.54) is 17.0 Å². The second kappa shape index (κ2) is 3.51. The van der Waals surface area contributed by atoms with Crippen LogP contribution in [-0.2, 0) is 9.59 Å². The Kier molecular flexibility index (Phi) is 2.05. The number of hydrogen-bond acceptors (Lipinski definition) is 3. The van der Waals surface area contributed by atoms with Crippen molar-refractivity contribution in [1.82, 2.24) is 0 Å². The maximum Gasteiger partial charge on any atom is 0.241 e. The number of aromatic hydroxyl groups is 1. The van der Waals surface area contributed by atoms with Gasteiger partial charge in [0.05, 0.1) is 17.0 Å². The molecule has 4 atom stereocenters. The van der Waals surface area contributed by atoms with Crippen LogP contribution in [0.5, 0.6) is 5.75 Å². The van der Waals surface area contributed by atoms with E-state index in [1.807, 2.05) is 6.92 Å². The SMILES string of the molecule is C[C@]12C(=O)N(c3cccc(O)c3)C(=O)[C@H]1[C@H]1C=C[C@@H]2C1. The smallest absolute Gasteiger partial charge is 0.241 e. The number of imide groups is 1. The highest BCUT2D eigenvalue weighted by molar-refractivity contribution is 6.24. The minimum atomic E-state index is -0.609. The molecule has 4 heteroatoms. The van der Waals surface area contributed by atoms with Crippen molar-refractivity contribution in [3.05, 3.63) is 36.4 Å². The Hall–Kier alpha value is -2.10. The monoisotopic (exact) mass is 269 g/mol. The number of anilines is 1. The third kappa shape index (κ3) is 1.17. The van der Waals surface area contributed by atoms with Crippen LogP contribution < -0.4 is 4.90 Å². The molecule has 1 N–H and O–H groups in total. The molecule has 2 aliphatic carbocycles. The highest BCUT2D eigenvalue weighted by Gasteiger charge is 2.67. The predicted octanol–water partition coefficient (Wildman–Crippen LogP) is 2.09. The van der Waals surface area contributed by atoms with E-state index in [0.29, 0.717) is 5.69 Å². The first kappa shape index (κ1) is 11.7. The second-order valence-corrected chi connectivity index (χ2v) is 6.15. The Balaban J connectivity index is 1.82. The molecule has 1 heterocycles. The van der Waals surface area contributed by atoms with Gasteiger partial charge >= 0.3 is 0 Å². The van der Waals surface area contributed by atoms with Crippen LogP contribution in [0.3, 0.4) is 0 Å². The van der Waals surface area contributed by atoms with Crippen LogP contribution in [0.2, 0.25) is 0 Å². The summed E-state index contributed by atoms with van der Waals surface area (Å²) in [4.78, 5) is 26.8. The minimum Gasteiger partial charge on any atom is -0.508 e.